The third kappa shape index (κ3) is 3.14. The van der Waals surface area contributed by atoms with E-state index < -0.39 is 12.0 Å². The molecule has 1 aliphatic rings. The molecule has 1 fully saturated rings. The second-order valence-corrected chi connectivity index (χ2v) is 7.75. The van der Waals surface area contributed by atoms with Gasteiger partial charge in [0.05, 0.1) is 17.6 Å². The van der Waals surface area contributed by atoms with E-state index in [1.807, 2.05) is 0 Å². The van der Waals surface area contributed by atoms with Gasteiger partial charge in [-0.1, -0.05) is 37.1 Å². The van der Waals surface area contributed by atoms with Crippen molar-refractivity contribution < 1.29 is 18.3 Å². The molecule has 0 aliphatic heterocycles. The summed E-state index contributed by atoms with van der Waals surface area (Å²) in [5, 5.41) is 17.3. The number of hydrogen-bond acceptors (Lipinski definition) is 5. The second-order valence-electron chi connectivity index (χ2n) is 6.46. The molecule has 9 heteroatoms. The van der Waals surface area contributed by atoms with Gasteiger partial charge >= 0.3 is 6.18 Å². The van der Waals surface area contributed by atoms with E-state index in [2.05, 4.69) is 15.2 Å². The van der Waals surface area contributed by atoms with E-state index in [0.717, 1.165) is 30.1 Å². The lowest BCUT2D eigenvalue weighted by Crippen LogP contribution is -2.12. The minimum Gasteiger partial charge on any atom is -0.392 e. The average Bonchev–Trinajstić information content (AvgIpc) is 3.08. The van der Waals surface area contributed by atoms with Crippen molar-refractivity contribution in [2.45, 2.75) is 55.2 Å². The fraction of sp³-hybridized carbons (Fsp3) is 0.471. The van der Waals surface area contributed by atoms with Crippen LogP contribution in [0.1, 0.15) is 43.5 Å². The largest absolute Gasteiger partial charge is 0.452 e. The number of nitrogens with zero attached hydrogens (tertiary/aromatic N) is 4. The van der Waals surface area contributed by atoms with E-state index in [0.29, 0.717) is 21.4 Å². The van der Waals surface area contributed by atoms with Gasteiger partial charge in [0.2, 0.25) is 5.82 Å². The van der Waals surface area contributed by atoms with Crippen molar-refractivity contribution in [3.8, 4) is 0 Å². The van der Waals surface area contributed by atoms with Crippen LogP contribution in [0.25, 0.3) is 16.7 Å². The van der Waals surface area contributed by atoms with Gasteiger partial charge in [-0.05, 0) is 30.5 Å². The summed E-state index contributed by atoms with van der Waals surface area (Å²) in [5.41, 5.74) is 1.31. The first-order chi connectivity index (χ1) is 12.5. The predicted octanol–water partition coefficient (Wildman–Crippen LogP) is 4.21. The lowest BCUT2D eigenvalue weighted by molar-refractivity contribution is -0.145. The molecule has 26 heavy (non-hydrogen) atoms. The van der Waals surface area contributed by atoms with Gasteiger partial charge in [-0.3, -0.25) is 4.40 Å². The van der Waals surface area contributed by atoms with E-state index >= 15 is 0 Å². The molecule has 0 bridgehead atoms. The maximum Gasteiger partial charge on any atom is 0.452 e. The Hall–Kier alpha value is -1.87. The van der Waals surface area contributed by atoms with Gasteiger partial charge in [0.25, 0.3) is 0 Å². The Morgan fingerprint density at radius 2 is 1.92 bits per heavy atom. The van der Waals surface area contributed by atoms with Crippen LogP contribution in [-0.4, -0.2) is 29.9 Å². The first-order valence-corrected chi connectivity index (χ1v) is 9.38. The number of fused-ring (bicyclic) bond motifs is 3. The smallest absolute Gasteiger partial charge is 0.392 e. The normalized spacial score (nSPS) is 16.6. The summed E-state index contributed by atoms with van der Waals surface area (Å²) in [7, 11) is 0. The molecule has 3 aromatic rings. The highest BCUT2D eigenvalue weighted by molar-refractivity contribution is 8.00. The van der Waals surface area contributed by atoms with Crippen LogP contribution in [0.5, 0.6) is 0 Å². The van der Waals surface area contributed by atoms with Crippen LogP contribution < -0.4 is 0 Å². The van der Waals surface area contributed by atoms with Crippen LogP contribution in [0.3, 0.4) is 0 Å². The molecule has 1 N–H and O–H groups in total. The number of benzene rings is 1. The zero-order valence-electron chi connectivity index (χ0n) is 13.8. The Balaban J connectivity index is 1.93. The van der Waals surface area contributed by atoms with E-state index in [1.54, 1.807) is 12.1 Å². The van der Waals surface area contributed by atoms with Crippen molar-refractivity contribution in [1.29, 1.82) is 0 Å². The molecular formula is C17H17F3N4OS. The summed E-state index contributed by atoms with van der Waals surface area (Å²) in [6.45, 7) is -0.264. The zero-order chi connectivity index (χ0) is 18.3. The topological polar surface area (TPSA) is 63.3 Å². The molecule has 0 spiro atoms. The molecule has 5 nitrogen and oxygen atoms in total. The minimum atomic E-state index is -4.63. The Labute approximate surface area is 151 Å². The third-order valence-corrected chi connectivity index (χ3v) is 5.93. The quantitative estimate of drug-likeness (QED) is 0.735. The number of rotatable bonds is 3. The van der Waals surface area contributed by atoms with Crippen LogP contribution in [0.15, 0.2) is 23.2 Å². The van der Waals surface area contributed by atoms with Gasteiger partial charge < -0.3 is 5.11 Å². The van der Waals surface area contributed by atoms with Crippen LogP contribution in [0.4, 0.5) is 13.2 Å². The van der Waals surface area contributed by atoms with Gasteiger partial charge in [-0.25, -0.2) is 4.98 Å². The van der Waals surface area contributed by atoms with Gasteiger partial charge in [-0.2, -0.15) is 13.2 Å². The van der Waals surface area contributed by atoms with Crippen molar-refractivity contribution in [1.82, 2.24) is 19.6 Å². The van der Waals surface area contributed by atoms with Crippen molar-refractivity contribution in [2.24, 2.45) is 0 Å². The Bertz CT molecular complexity index is 950. The predicted molar refractivity (Wildman–Crippen MR) is 91.9 cm³/mol. The van der Waals surface area contributed by atoms with Crippen LogP contribution in [0.2, 0.25) is 0 Å². The highest BCUT2D eigenvalue weighted by atomic mass is 32.2. The lowest BCUT2D eigenvalue weighted by atomic mass is 10.0. The molecule has 2 aromatic heterocycles. The molecule has 1 saturated carbocycles. The highest BCUT2D eigenvalue weighted by Gasteiger charge is 2.38. The molecular weight excluding hydrogens is 365 g/mol. The second kappa shape index (κ2) is 6.70. The number of alkyl halides is 3. The molecule has 4 rings (SSSR count). The molecule has 0 saturated heterocycles. The molecule has 2 heterocycles. The maximum atomic E-state index is 13.5. The molecule has 1 aromatic carbocycles. The molecule has 0 radical (unpaired) electrons. The molecule has 0 atom stereocenters. The van der Waals surface area contributed by atoms with Crippen molar-refractivity contribution in [2.75, 3.05) is 0 Å². The lowest BCUT2D eigenvalue weighted by Gasteiger charge is -2.20. The maximum absolute atomic E-state index is 13.5. The summed E-state index contributed by atoms with van der Waals surface area (Å²) in [5.74, 6) is -1.07. The summed E-state index contributed by atoms with van der Waals surface area (Å²) in [6, 6.07) is 4.79. The van der Waals surface area contributed by atoms with E-state index in [1.165, 1.54) is 24.2 Å². The first-order valence-electron chi connectivity index (χ1n) is 8.50. The fourth-order valence-corrected chi connectivity index (χ4v) is 4.63. The monoisotopic (exact) mass is 382 g/mol. The summed E-state index contributed by atoms with van der Waals surface area (Å²) in [6.07, 6.45) is 0.880. The molecule has 0 amide bonds. The van der Waals surface area contributed by atoms with Gasteiger partial charge in [0.15, 0.2) is 5.65 Å². The summed E-state index contributed by atoms with van der Waals surface area (Å²) in [4.78, 5) is 4.56. The SMILES string of the molecule is OCc1ccc2nc(SC3CCCCC3)c3nnc(C(F)(F)F)n3c2c1. The molecule has 138 valence electrons. The molecule has 1 aliphatic carbocycles. The number of thioether (sulfide) groups is 1. The Morgan fingerprint density at radius 1 is 1.15 bits per heavy atom. The van der Waals surface area contributed by atoms with Gasteiger partial charge in [0.1, 0.15) is 5.03 Å². The van der Waals surface area contributed by atoms with Crippen molar-refractivity contribution in [3.05, 3.63) is 29.6 Å². The number of halogens is 3. The van der Waals surface area contributed by atoms with Crippen LogP contribution in [-0.2, 0) is 12.8 Å². The summed E-state index contributed by atoms with van der Waals surface area (Å²) >= 11 is 1.49. The zero-order valence-corrected chi connectivity index (χ0v) is 14.6. The Kier molecular flexibility index (Phi) is 4.52. The average molecular weight is 382 g/mol. The van der Waals surface area contributed by atoms with E-state index in [-0.39, 0.29) is 17.8 Å². The van der Waals surface area contributed by atoms with E-state index in [9.17, 15) is 18.3 Å². The molecule has 0 unspecified atom stereocenters. The van der Waals surface area contributed by atoms with Gasteiger partial charge in [-0.15, -0.1) is 10.2 Å². The van der Waals surface area contributed by atoms with Gasteiger partial charge in [0, 0.05) is 5.25 Å². The summed E-state index contributed by atoms with van der Waals surface area (Å²) < 4.78 is 41.4. The first kappa shape index (κ1) is 17.5. The van der Waals surface area contributed by atoms with Crippen LogP contribution in [0, 0.1) is 0 Å². The fourth-order valence-electron chi connectivity index (χ4n) is 3.35. The van der Waals surface area contributed by atoms with Crippen molar-refractivity contribution >= 4 is 28.4 Å². The number of aliphatic hydroxyl groups is 1. The van der Waals surface area contributed by atoms with E-state index in [4.69, 9.17) is 0 Å². The number of aliphatic hydroxyl groups excluding tert-OH is 1. The number of hydrogen-bond donors (Lipinski definition) is 1. The minimum absolute atomic E-state index is 0.121. The standard InChI is InChI=1S/C17H17F3N4OS/c18-17(19,20)16-23-22-14-15(26-11-4-2-1-3-5-11)21-12-7-6-10(9-25)8-13(12)24(14)16/h6-8,11,25H,1-5,9H2. The number of aromatic nitrogens is 4. The highest BCUT2D eigenvalue weighted by Crippen LogP contribution is 2.37. The Morgan fingerprint density at radius 3 is 2.62 bits per heavy atom. The van der Waals surface area contributed by atoms with Crippen LogP contribution >= 0.6 is 11.8 Å². The van der Waals surface area contributed by atoms with Crippen molar-refractivity contribution in [3.63, 3.8) is 0 Å². The third-order valence-electron chi connectivity index (χ3n) is 4.62.